The molecule has 1 heterocycles. The lowest BCUT2D eigenvalue weighted by Gasteiger charge is -2.37. The van der Waals surface area contributed by atoms with Crippen LogP contribution in [0.5, 0.6) is 0 Å². The van der Waals surface area contributed by atoms with Gasteiger partial charge in [0, 0.05) is 6.04 Å². The summed E-state index contributed by atoms with van der Waals surface area (Å²) in [6.45, 7) is 13.8. The second-order valence-corrected chi connectivity index (χ2v) is 11.1. The Morgan fingerprint density at radius 3 is 2.00 bits per heavy atom. The van der Waals surface area contributed by atoms with E-state index in [-0.39, 0.29) is 11.9 Å². The number of aryl methyl sites for hydroxylation is 3. The van der Waals surface area contributed by atoms with E-state index in [1.54, 1.807) is 0 Å². The normalized spacial score (nSPS) is 19.2. The molecule has 0 saturated carbocycles. The fraction of sp³-hybridized carbons (Fsp3) is 0.375. The highest BCUT2D eigenvalue weighted by Crippen LogP contribution is 2.44. The zero-order valence-electron chi connectivity index (χ0n) is 23.0. The van der Waals surface area contributed by atoms with E-state index >= 15 is 0 Å². The summed E-state index contributed by atoms with van der Waals surface area (Å²) in [7, 11) is 0. The minimum atomic E-state index is -0.729. The van der Waals surface area contributed by atoms with E-state index in [1.807, 2.05) is 69.3 Å². The van der Waals surface area contributed by atoms with Crippen LogP contribution in [-0.2, 0) is 16.0 Å². The van der Waals surface area contributed by atoms with E-state index in [0.29, 0.717) is 6.42 Å². The SMILES string of the molecule is Cc1cc(C)c([C@@H]2N(C(=O)OC(C)(C)C)C(=O)[C@@H](Cc3ccccc3)N2[C@@H](C)c2ccccc2)c(C)c1. The molecule has 1 fully saturated rings. The Kier molecular flexibility index (Phi) is 7.56. The predicted molar refractivity (Wildman–Crippen MR) is 147 cm³/mol. The smallest absolute Gasteiger partial charge is 0.418 e. The topological polar surface area (TPSA) is 49.9 Å². The van der Waals surface area contributed by atoms with Gasteiger partial charge in [-0.2, -0.15) is 0 Å². The molecule has 0 bridgehead atoms. The Morgan fingerprint density at radius 2 is 1.46 bits per heavy atom. The predicted octanol–water partition coefficient (Wildman–Crippen LogP) is 7.06. The Hall–Kier alpha value is -3.44. The van der Waals surface area contributed by atoms with E-state index in [9.17, 15) is 9.59 Å². The van der Waals surface area contributed by atoms with Crippen LogP contribution in [0.1, 0.15) is 73.3 Å². The Labute approximate surface area is 221 Å². The lowest BCUT2D eigenvalue weighted by atomic mass is 9.94. The fourth-order valence-corrected chi connectivity index (χ4v) is 5.51. The maximum absolute atomic E-state index is 14.2. The average molecular weight is 499 g/mol. The number of amides is 2. The zero-order chi connectivity index (χ0) is 26.9. The maximum Gasteiger partial charge on any atom is 0.418 e. The van der Waals surface area contributed by atoms with Crippen LogP contribution in [0.25, 0.3) is 0 Å². The molecule has 1 aliphatic heterocycles. The zero-order valence-corrected chi connectivity index (χ0v) is 23.0. The number of hydrogen-bond acceptors (Lipinski definition) is 4. The summed E-state index contributed by atoms with van der Waals surface area (Å²) in [5, 5.41) is 0. The van der Waals surface area contributed by atoms with Crippen molar-refractivity contribution in [3.05, 3.63) is 106 Å². The van der Waals surface area contributed by atoms with Gasteiger partial charge in [-0.3, -0.25) is 9.69 Å². The van der Waals surface area contributed by atoms with Crippen molar-refractivity contribution in [3.63, 3.8) is 0 Å². The molecule has 3 atom stereocenters. The molecule has 2 amide bonds. The summed E-state index contributed by atoms with van der Waals surface area (Å²) in [5.74, 6) is -0.231. The van der Waals surface area contributed by atoms with Gasteiger partial charge in [-0.25, -0.2) is 9.69 Å². The highest BCUT2D eigenvalue weighted by molar-refractivity contribution is 5.98. The third-order valence-corrected chi connectivity index (χ3v) is 7.00. The lowest BCUT2D eigenvalue weighted by molar-refractivity contribution is -0.129. The largest absolute Gasteiger partial charge is 0.443 e. The summed E-state index contributed by atoms with van der Waals surface area (Å²) in [6, 6.07) is 23.8. The van der Waals surface area contributed by atoms with Crippen molar-refractivity contribution < 1.29 is 14.3 Å². The first-order valence-corrected chi connectivity index (χ1v) is 13.0. The van der Waals surface area contributed by atoms with Crippen molar-refractivity contribution in [2.45, 2.75) is 78.7 Å². The molecule has 0 unspecified atom stereocenters. The van der Waals surface area contributed by atoms with Crippen molar-refractivity contribution in [2.75, 3.05) is 0 Å². The molecule has 194 valence electrons. The Balaban J connectivity index is 1.92. The van der Waals surface area contributed by atoms with Gasteiger partial charge in [0.15, 0.2) is 0 Å². The van der Waals surface area contributed by atoms with Crippen molar-refractivity contribution in [1.29, 1.82) is 0 Å². The van der Waals surface area contributed by atoms with Gasteiger partial charge in [-0.15, -0.1) is 0 Å². The summed E-state index contributed by atoms with van der Waals surface area (Å²) in [6.07, 6.45) is -0.703. The average Bonchev–Trinajstić information content (AvgIpc) is 3.09. The third-order valence-electron chi connectivity index (χ3n) is 7.00. The molecule has 5 heteroatoms. The summed E-state index contributed by atoms with van der Waals surface area (Å²) in [4.78, 5) is 31.5. The molecule has 0 radical (unpaired) electrons. The molecule has 1 aliphatic rings. The molecule has 0 aliphatic carbocycles. The van der Waals surface area contributed by atoms with Gasteiger partial charge in [0.1, 0.15) is 11.8 Å². The Morgan fingerprint density at radius 1 is 0.919 bits per heavy atom. The van der Waals surface area contributed by atoms with Crippen LogP contribution in [-0.4, -0.2) is 33.4 Å². The fourth-order valence-electron chi connectivity index (χ4n) is 5.51. The molecule has 5 nitrogen and oxygen atoms in total. The first-order valence-electron chi connectivity index (χ1n) is 13.0. The second kappa shape index (κ2) is 10.5. The van der Waals surface area contributed by atoms with Gasteiger partial charge in [0.25, 0.3) is 5.91 Å². The van der Waals surface area contributed by atoms with Crippen LogP contribution in [0.2, 0.25) is 0 Å². The van der Waals surface area contributed by atoms with Crippen LogP contribution >= 0.6 is 0 Å². The van der Waals surface area contributed by atoms with Crippen LogP contribution < -0.4 is 0 Å². The van der Waals surface area contributed by atoms with E-state index in [4.69, 9.17) is 4.74 Å². The number of ether oxygens (including phenoxy) is 1. The van der Waals surface area contributed by atoms with Gasteiger partial charge < -0.3 is 4.74 Å². The van der Waals surface area contributed by atoms with Crippen LogP contribution in [0.15, 0.2) is 72.8 Å². The van der Waals surface area contributed by atoms with Gasteiger partial charge >= 0.3 is 6.09 Å². The molecule has 0 aromatic heterocycles. The first kappa shape index (κ1) is 26.6. The third kappa shape index (κ3) is 5.62. The molecule has 3 aromatic carbocycles. The van der Waals surface area contributed by atoms with E-state index in [1.165, 1.54) is 4.90 Å². The highest BCUT2D eigenvalue weighted by Gasteiger charge is 2.53. The second-order valence-electron chi connectivity index (χ2n) is 11.1. The minimum Gasteiger partial charge on any atom is -0.443 e. The van der Waals surface area contributed by atoms with Gasteiger partial charge in [0.05, 0.1) is 6.04 Å². The number of carbonyl (C=O) groups is 2. The van der Waals surface area contributed by atoms with Crippen LogP contribution in [0.3, 0.4) is 0 Å². The van der Waals surface area contributed by atoms with Gasteiger partial charge in [-0.05, 0) is 82.7 Å². The van der Waals surface area contributed by atoms with Gasteiger partial charge in [0.2, 0.25) is 0 Å². The van der Waals surface area contributed by atoms with Crippen LogP contribution in [0.4, 0.5) is 4.79 Å². The number of carbonyl (C=O) groups excluding carboxylic acids is 2. The highest BCUT2D eigenvalue weighted by atomic mass is 16.6. The molecule has 3 aromatic rings. The quantitative estimate of drug-likeness (QED) is 0.378. The van der Waals surface area contributed by atoms with E-state index in [2.05, 4.69) is 56.9 Å². The van der Waals surface area contributed by atoms with Crippen molar-refractivity contribution in [1.82, 2.24) is 9.80 Å². The van der Waals surface area contributed by atoms with E-state index < -0.39 is 23.9 Å². The molecule has 37 heavy (non-hydrogen) atoms. The first-order chi connectivity index (χ1) is 17.5. The van der Waals surface area contributed by atoms with Crippen LogP contribution in [0, 0.1) is 20.8 Å². The number of rotatable bonds is 5. The molecular weight excluding hydrogens is 460 g/mol. The monoisotopic (exact) mass is 498 g/mol. The van der Waals surface area contributed by atoms with E-state index in [0.717, 1.165) is 33.4 Å². The lowest BCUT2D eigenvalue weighted by Crippen LogP contribution is -2.41. The van der Waals surface area contributed by atoms with Crippen molar-refractivity contribution >= 4 is 12.0 Å². The molecule has 4 rings (SSSR count). The minimum absolute atomic E-state index is 0.128. The number of nitrogens with zero attached hydrogens (tertiary/aromatic N) is 2. The standard InChI is InChI=1S/C32H38N2O3/c1-21-18-22(2)28(23(3)19-21)29-33(24(4)26-16-12-9-13-17-26)27(20-25-14-10-8-11-15-25)30(35)34(29)31(36)37-32(5,6)7/h8-19,24,27,29H,20H2,1-7H3/t24-,27+,29-/m0/s1. The number of imide groups is 1. The molecule has 0 N–H and O–H groups in total. The summed E-state index contributed by atoms with van der Waals surface area (Å²) in [5.41, 5.74) is 5.63. The summed E-state index contributed by atoms with van der Waals surface area (Å²) < 4.78 is 5.82. The maximum atomic E-state index is 14.2. The van der Waals surface area contributed by atoms with Crippen molar-refractivity contribution in [2.24, 2.45) is 0 Å². The molecule has 0 spiro atoms. The summed E-state index contributed by atoms with van der Waals surface area (Å²) >= 11 is 0. The Bertz CT molecular complexity index is 1240. The number of hydrogen-bond donors (Lipinski definition) is 0. The number of benzene rings is 3. The van der Waals surface area contributed by atoms with Gasteiger partial charge in [-0.1, -0.05) is 78.4 Å². The molecular formula is C32H38N2O3. The molecule has 1 saturated heterocycles. The van der Waals surface area contributed by atoms with Crippen molar-refractivity contribution in [3.8, 4) is 0 Å².